The molecule has 0 N–H and O–H groups in total. The number of hydrogen-bond donors (Lipinski definition) is 0. The third-order valence-electron chi connectivity index (χ3n) is 9.13. The second kappa shape index (κ2) is 36.3. The van der Waals surface area contributed by atoms with Crippen molar-refractivity contribution in [2.45, 2.75) is 239 Å². The fourth-order valence-electron chi connectivity index (χ4n) is 6.18. The molecule has 0 bridgehead atoms. The smallest absolute Gasteiger partial charge is 0.306 e. The minimum Gasteiger partial charge on any atom is -0.462 e. The van der Waals surface area contributed by atoms with Crippen LogP contribution in [0.4, 0.5) is 0 Å². The Hall–Kier alpha value is -1.12. The number of esters is 1. The van der Waals surface area contributed by atoms with Crippen LogP contribution < -0.4 is 0 Å². The van der Waals surface area contributed by atoms with Crippen LogP contribution in [-0.4, -0.2) is 17.9 Å². The summed E-state index contributed by atoms with van der Waals surface area (Å²) in [5, 5.41) is 0. The molecule has 0 radical (unpaired) electrons. The molecule has 0 aliphatic heterocycles. The molecule has 0 heterocycles. The highest BCUT2D eigenvalue weighted by atomic mass is 16.5. The molecule has 3 nitrogen and oxygen atoms in total. The minimum absolute atomic E-state index is 0.0177. The molecular formula is C41H78O3. The van der Waals surface area contributed by atoms with Crippen molar-refractivity contribution in [2.75, 3.05) is 0 Å². The number of ether oxygens (including phenoxy) is 1. The monoisotopic (exact) mass is 619 g/mol. The zero-order valence-electron chi connectivity index (χ0n) is 30.3. The van der Waals surface area contributed by atoms with Gasteiger partial charge in [0.15, 0.2) is 0 Å². The van der Waals surface area contributed by atoms with Gasteiger partial charge in [-0.1, -0.05) is 174 Å². The van der Waals surface area contributed by atoms with Crippen LogP contribution in [0.1, 0.15) is 233 Å². The van der Waals surface area contributed by atoms with Crippen LogP contribution in [0.5, 0.6) is 0 Å². The largest absolute Gasteiger partial charge is 0.462 e. The molecule has 1 unspecified atom stereocenters. The maximum absolute atomic E-state index is 12.5. The summed E-state index contributed by atoms with van der Waals surface area (Å²) in [5.74, 6) is 0.174. The van der Waals surface area contributed by atoms with Crippen LogP contribution >= 0.6 is 0 Å². The Morgan fingerprint density at radius 1 is 0.455 bits per heavy atom. The summed E-state index contributed by atoms with van der Waals surface area (Å²) in [6, 6.07) is 0. The molecule has 260 valence electrons. The molecule has 0 saturated heterocycles. The highest BCUT2D eigenvalue weighted by Crippen LogP contribution is 2.18. The fourth-order valence-corrected chi connectivity index (χ4v) is 6.18. The molecule has 0 rings (SSSR count). The number of Topliss-reactive ketones (excluding diaryl/α,β-unsaturated/α-hetero) is 1. The lowest BCUT2D eigenvalue weighted by Gasteiger charge is -2.18. The van der Waals surface area contributed by atoms with Gasteiger partial charge < -0.3 is 9.53 Å². The Balaban J connectivity index is 3.81. The molecule has 0 aliphatic rings. The molecular weight excluding hydrogens is 540 g/mol. The van der Waals surface area contributed by atoms with Crippen molar-refractivity contribution >= 4 is 11.8 Å². The highest BCUT2D eigenvalue weighted by Gasteiger charge is 2.14. The van der Waals surface area contributed by atoms with E-state index < -0.39 is 0 Å². The number of carbonyl (C=O) groups is 2. The van der Waals surface area contributed by atoms with E-state index >= 15 is 0 Å². The van der Waals surface area contributed by atoms with Crippen LogP contribution in [0.15, 0.2) is 12.2 Å². The van der Waals surface area contributed by atoms with E-state index in [4.69, 9.17) is 4.74 Å². The average molecular weight is 619 g/mol. The Kier molecular flexibility index (Phi) is 35.4. The van der Waals surface area contributed by atoms with Crippen molar-refractivity contribution in [1.82, 2.24) is 0 Å². The lowest BCUT2D eigenvalue weighted by atomic mass is 10.0. The lowest BCUT2D eigenvalue weighted by molar-refractivity contribution is -0.150. The summed E-state index contributed by atoms with van der Waals surface area (Å²) < 4.78 is 5.89. The molecule has 3 heteroatoms. The van der Waals surface area contributed by atoms with Gasteiger partial charge in [-0.05, 0) is 58.3 Å². The van der Waals surface area contributed by atoms with Crippen molar-refractivity contribution in [2.24, 2.45) is 0 Å². The van der Waals surface area contributed by atoms with Gasteiger partial charge in [-0.25, -0.2) is 0 Å². The van der Waals surface area contributed by atoms with E-state index in [2.05, 4.69) is 26.0 Å². The van der Waals surface area contributed by atoms with E-state index in [0.29, 0.717) is 12.8 Å². The number of carbonyl (C=O) groups excluding carboxylic acids is 2. The lowest BCUT2D eigenvalue weighted by Crippen LogP contribution is -2.18. The molecule has 0 aromatic rings. The van der Waals surface area contributed by atoms with Crippen molar-refractivity contribution in [3.8, 4) is 0 Å². The topological polar surface area (TPSA) is 43.4 Å². The van der Waals surface area contributed by atoms with Crippen molar-refractivity contribution in [3.63, 3.8) is 0 Å². The van der Waals surface area contributed by atoms with Gasteiger partial charge in [0.2, 0.25) is 0 Å². The van der Waals surface area contributed by atoms with Gasteiger partial charge >= 0.3 is 5.97 Å². The van der Waals surface area contributed by atoms with E-state index in [0.717, 1.165) is 38.5 Å². The summed E-state index contributed by atoms with van der Waals surface area (Å²) >= 11 is 0. The predicted molar refractivity (Wildman–Crippen MR) is 193 cm³/mol. The Bertz CT molecular complexity index is 625. The SMILES string of the molecule is CCCCCCCCCCCCCC/C=C/CCCC(=O)OC(CCCCCCCCCCCCCCC)CCCC(C)=O. The first-order valence-electron chi connectivity index (χ1n) is 19.9. The van der Waals surface area contributed by atoms with Gasteiger partial charge in [-0.15, -0.1) is 0 Å². The quantitative estimate of drug-likeness (QED) is 0.0398. The normalized spacial score (nSPS) is 12.2. The highest BCUT2D eigenvalue weighted by molar-refractivity contribution is 5.75. The molecule has 0 aromatic heterocycles. The van der Waals surface area contributed by atoms with Gasteiger partial charge in [-0.2, -0.15) is 0 Å². The second-order valence-electron chi connectivity index (χ2n) is 13.8. The molecule has 1 atom stereocenters. The summed E-state index contributed by atoms with van der Waals surface area (Å²) in [6.07, 6.45) is 45.4. The fraction of sp³-hybridized carbons (Fsp3) is 0.902. The first kappa shape index (κ1) is 42.9. The van der Waals surface area contributed by atoms with Crippen LogP contribution in [0.3, 0.4) is 0 Å². The number of rotatable bonds is 36. The van der Waals surface area contributed by atoms with Crippen LogP contribution in [-0.2, 0) is 14.3 Å². The Labute approximate surface area is 276 Å². The predicted octanol–water partition coefficient (Wildman–Crippen LogP) is 14.0. The molecule has 0 aliphatic carbocycles. The first-order chi connectivity index (χ1) is 21.6. The van der Waals surface area contributed by atoms with E-state index in [9.17, 15) is 9.59 Å². The average Bonchev–Trinajstić information content (AvgIpc) is 3.00. The zero-order chi connectivity index (χ0) is 32.2. The van der Waals surface area contributed by atoms with Crippen molar-refractivity contribution in [1.29, 1.82) is 0 Å². The van der Waals surface area contributed by atoms with E-state index in [-0.39, 0.29) is 17.9 Å². The van der Waals surface area contributed by atoms with Crippen molar-refractivity contribution < 1.29 is 14.3 Å². The number of unbranched alkanes of at least 4 members (excludes halogenated alkanes) is 25. The van der Waals surface area contributed by atoms with Crippen LogP contribution in [0.25, 0.3) is 0 Å². The third-order valence-corrected chi connectivity index (χ3v) is 9.13. The molecule has 0 fully saturated rings. The summed E-state index contributed by atoms with van der Waals surface area (Å²) in [5.41, 5.74) is 0. The van der Waals surface area contributed by atoms with Crippen LogP contribution in [0, 0.1) is 0 Å². The molecule has 44 heavy (non-hydrogen) atoms. The van der Waals surface area contributed by atoms with Crippen molar-refractivity contribution in [3.05, 3.63) is 12.2 Å². The summed E-state index contributed by atoms with van der Waals surface area (Å²) in [6.45, 7) is 6.22. The van der Waals surface area contributed by atoms with Gasteiger partial charge in [0.1, 0.15) is 11.9 Å². The maximum atomic E-state index is 12.5. The summed E-state index contributed by atoms with van der Waals surface area (Å²) in [7, 11) is 0. The molecule has 0 aromatic carbocycles. The van der Waals surface area contributed by atoms with Gasteiger partial charge in [0.05, 0.1) is 0 Å². The maximum Gasteiger partial charge on any atom is 0.306 e. The number of hydrogen-bond acceptors (Lipinski definition) is 3. The Morgan fingerprint density at radius 3 is 1.25 bits per heavy atom. The van der Waals surface area contributed by atoms with Gasteiger partial charge in [0, 0.05) is 12.8 Å². The number of allylic oxidation sites excluding steroid dienone is 2. The molecule has 0 amide bonds. The Morgan fingerprint density at radius 2 is 0.818 bits per heavy atom. The summed E-state index contributed by atoms with van der Waals surface area (Å²) in [4.78, 5) is 23.9. The third kappa shape index (κ3) is 35.4. The van der Waals surface area contributed by atoms with Crippen LogP contribution in [0.2, 0.25) is 0 Å². The van der Waals surface area contributed by atoms with E-state index in [1.54, 1.807) is 6.92 Å². The van der Waals surface area contributed by atoms with Gasteiger partial charge in [0.25, 0.3) is 0 Å². The van der Waals surface area contributed by atoms with E-state index in [1.807, 2.05) is 0 Å². The standard InChI is InChI=1S/C41H78O3/c1-4-6-8-10-12-14-16-18-19-20-21-23-25-27-29-31-33-38-41(43)44-40(37-34-35-39(3)42)36-32-30-28-26-24-22-17-15-13-11-9-7-5-2/h27,29,40H,4-26,28,30-38H2,1-3H3/b29-27+. The zero-order valence-corrected chi connectivity index (χ0v) is 30.3. The molecule has 0 saturated carbocycles. The minimum atomic E-state index is -0.0538. The van der Waals surface area contributed by atoms with E-state index in [1.165, 1.54) is 161 Å². The molecule has 0 spiro atoms. The number of ketones is 1. The first-order valence-corrected chi connectivity index (χ1v) is 19.9. The second-order valence-corrected chi connectivity index (χ2v) is 13.8. The van der Waals surface area contributed by atoms with Gasteiger partial charge in [-0.3, -0.25) is 4.79 Å².